The zero-order chi connectivity index (χ0) is 19.3. The maximum atomic E-state index is 12.4. The molecular weight excluding hydrogens is 365 g/mol. The molecule has 3 aromatic rings. The SMILES string of the molecule is Oc1ccc(CNc2nc(Cc3ccn[nH]3)nc(OCC(F)(F)F)n2)cc1. The summed E-state index contributed by atoms with van der Waals surface area (Å²) in [5.41, 5.74) is 1.51. The van der Waals surface area contributed by atoms with Gasteiger partial charge in [0.2, 0.25) is 5.95 Å². The molecule has 27 heavy (non-hydrogen) atoms. The smallest absolute Gasteiger partial charge is 0.422 e. The van der Waals surface area contributed by atoms with Gasteiger partial charge in [0.15, 0.2) is 6.61 Å². The third kappa shape index (κ3) is 5.83. The minimum atomic E-state index is -4.50. The number of rotatable bonds is 7. The van der Waals surface area contributed by atoms with Crippen molar-refractivity contribution in [2.24, 2.45) is 0 Å². The number of aromatic amines is 1. The van der Waals surface area contributed by atoms with Crippen LogP contribution in [0.25, 0.3) is 0 Å². The van der Waals surface area contributed by atoms with Crippen LogP contribution in [0, 0.1) is 0 Å². The Kier molecular flexibility index (Phi) is 5.38. The second-order valence-electron chi connectivity index (χ2n) is 5.54. The van der Waals surface area contributed by atoms with Crippen molar-refractivity contribution in [1.29, 1.82) is 0 Å². The van der Waals surface area contributed by atoms with E-state index in [1.165, 1.54) is 12.1 Å². The summed E-state index contributed by atoms with van der Waals surface area (Å²) < 4.78 is 41.9. The monoisotopic (exact) mass is 380 g/mol. The number of ether oxygens (including phenoxy) is 1. The van der Waals surface area contributed by atoms with E-state index in [1.807, 2.05) is 0 Å². The van der Waals surface area contributed by atoms with Gasteiger partial charge in [0.05, 0.1) is 0 Å². The number of aromatic hydroxyl groups is 1. The maximum absolute atomic E-state index is 12.4. The zero-order valence-electron chi connectivity index (χ0n) is 13.9. The van der Waals surface area contributed by atoms with Crippen LogP contribution in [0.15, 0.2) is 36.5 Å². The van der Waals surface area contributed by atoms with E-state index < -0.39 is 18.8 Å². The lowest BCUT2D eigenvalue weighted by Crippen LogP contribution is -2.21. The summed E-state index contributed by atoms with van der Waals surface area (Å²) in [5.74, 6) is 0.424. The van der Waals surface area contributed by atoms with Crippen LogP contribution in [0.3, 0.4) is 0 Å². The van der Waals surface area contributed by atoms with E-state index in [2.05, 4.69) is 35.2 Å². The van der Waals surface area contributed by atoms with Crippen LogP contribution in [0.1, 0.15) is 17.1 Å². The number of anilines is 1. The minimum Gasteiger partial charge on any atom is -0.508 e. The standard InChI is InChI=1S/C16H15F3N6O2/c17-16(18,19)9-27-15-23-13(7-11-5-6-21-25-11)22-14(24-15)20-8-10-1-3-12(26)4-2-10/h1-6,26H,7-9H2,(H,21,25)(H,20,22,23,24). The molecule has 0 amide bonds. The van der Waals surface area contributed by atoms with Crippen LogP contribution >= 0.6 is 0 Å². The highest BCUT2D eigenvalue weighted by molar-refractivity contribution is 5.32. The van der Waals surface area contributed by atoms with Crippen LogP contribution in [0.2, 0.25) is 0 Å². The summed E-state index contributed by atoms with van der Waals surface area (Å²) in [7, 11) is 0. The fourth-order valence-corrected chi connectivity index (χ4v) is 2.12. The van der Waals surface area contributed by atoms with Crippen LogP contribution in [-0.2, 0) is 13.0 Å². The average molecular weight is 380 g/mol. The average Bonchev–Trinajstić information content (AvgIpc) is 3.12. The molecule has 0 unspecified atom stereocenters. The Morgan fingerprint density at radius 1 is 1.07 bits per heavy atom. The van der Waals surface area contributed by atoms with Gasteiger partial charge in [-0.2, -0.15) is 33.2 Å². The van der Waals surface area contributed by atoms with Crippen molar-refractivity contribution in [3.05, 3.63) is 53.6 Å². The summed E-state index contributed by atoms with van der Waals surface area (Å²) in [4.78, 5) is 12.0. The summed E-state index contributed by atoms with van der Waals surface area (Å²) >= 11 is 0. The highest BCUT2D eigenvalue weighted by Crippen LogP contribution is 2.18. The molecule has 0 aliphatic carbocycles. The van der Waals surface area contributed by atoms with Gasteiger partial charge in [-0.25, -0.2) is 0 Å². The van der Waals surface area contributed by atoms with E-state index in [-0.39, 0.29) is 23.9 Å². The highest BCUT2D eigenvalue weighted by Gasteiger charge is 2.29. The van der Waals surface area contributed by atoms with E-state index in [0.717, 1.165) is 5.56 Å². The molecule has 0 spiro atoms. The van der Waals surface area contributed by atoms with Crippen molar-refractivity contribution in [2.75, 3.05) is 11.9 Å². The Morgan fingerprint density at radius 3 is 2.52 bits per heavy atom. The molecular formula is C16H15F3N6O2. The Balaban J connectivity index is 1.76. The first kappa shape index (κ1) is 18.4. The molecule has 2 heterocycles. The number of hydrogen-bond donors (Lipinski definition) is 3. The highest BCUT2D eigenvalue weighted by atomic mass is 19.4. The van der Waals surface area contributed by atoms with Gasteiger partial charge in [-0.05, 0) is 23.8 Å². The van der Waals surface area contributed by atoms with Crippen LogP contribution < -0.4 is 10.1 Å². The van der Waals surface area contributed by atoms with Gasteiger partial charge in [0.1, 0.15) is 11.6 Å². The predicted octanol–water partition coefficient (Wildman–Crippen LogP) is 2.44. The second kappa shape index (κ2) is 7.89. The summed E-state index contributed by atoms with van der Waals surface area (Å²) in [6.07, 6.45) is -2.74. The number of nitrogens with zero attached hydrogens (tertiary/aromatic N) is 4. The summed E-state index contributed by atoms with van der Waals surface area (Å²) in [6.45, 7) is -1.20. The Labute approximate surface area is 151 Å². The van der Waals surface area contributed by atoms with E-state index in [9.17, 15) is 18.3 Å². The zero-order valence-corrected chi connectivity index (χ0v) is 13.9. The van der Waals surface area contributed by atoms with Gasteiger partial charge in [0.25, 0.3) is 0 Å². The molecule has 0 saturated carbocycles. The van der Waals surface area contributed by atoms with Crippen molar-refractivity contribution < 1.29 is 23.0 Å². The number of phenols is 1. The number of aromatic nitrogens is 5. The first-order valence-corrected chi connectivity index (χ1v) is 7.82. The molecule has 0 radical (unpaired) electrons. The molecule has 0 fully saturated rings. The fraction of sp³-hybridized carbons (Fsp3) is 0.250. The molecule has 8 nitrogen and oxygen atoms in total. The van der Waals surface area contributed by atoms with Gasteiger partial charge < -0.3 is 15.2 Å². The van der Waals surface area contributed by atoms with E-state index >= 15 is 0 Å². The predicted molar refractivity (Wildman–Crippen MR) is 88.2 cm³/mol. The van der Waals surface area contributed by atoms with Crippen LogP contribution in [0.4, 0.5) is 19.1 Å². The molecule has 11 heteroatoms. The summed E-state index contributed by atoms with van der Waals surface area (Å²) in [5, 5.41) is 18.7. The van der Waals surface area contributed by atoms with Crippen LogP contribution in [0.5, 0.6) is 11.8 Å². The van der Waals surface area contributed by atoms with Gasteiger partial charge in [-0.15, -0.1) is 0 Å². The van der Waals surface area contributed by atoms with Crippen molar-refractivity contribution in [3.63, 3.8) is 0 Å². The third-order valence-corrected chi connectivity index (χ3v) is 3.32. The number of H-pyrrole nitrogens is 1. The van der Waals surface area contributed by atoms with Crippen molar-refractivity contribution in [1.82, 2.24) is 25.1 Å². The molecule has 3 N–H and O–H groups in total. The van der Waals surface area contributed by atoms with E-state index in [0.29, 0.717) is 12.2 Å². The summed E-state index contributed by atoms with van der Waals surface area (Å²) in [6, 6.07) is 7.69. The first-order chi connectivity index (χ1) is 12.9. The molecule has 0 aliphatic heterocycles. The lowest BCUT2D eigenvalue weighted by molar-refractivity contribution is -0.154. The Morgan fingerprint density at radius 2 is 1.85 bits per heavy atom. The molecule has 0 saturated heterocycles. The molecule has 0 atom stereocenters. The van der Waals surface area contributed by atoms with Crippen molar-refractivity contribution in [2.45, 2.75) is 19.1 Å². The maximum Gasteiger partial charge on any atom is 0.422 e. The largest absolute Gasteiger partial charge is 0.508 e. The van der Waals surface area contributed by atoms with Crippen molar-refractivity contribution in [3.8, 4) is 11.8 Å². The lowest BCUT2D eigenvalue weighted by Gasteiger charge is -2.11. The van der Waals surface area contributed by atoms with Crippen LogP contribution in [-0.4, -0.2) is 43.0 Å². The molecule has 142 valence electrons. The third-order valence-electron chi connectivity index (χ3n) is 3.32. The minimum absolute atomic E-state index is 0.0739. The quantitative estimate of drug-likeness (QED) is 0.578. The molecule has 0 aliphatic rings. The van der Waals surface area contributed by atoms with Gasteiger partial charge in [-0.1, -0.05) is 12.1 Å². The number of hydrogen-bond acceptors (Lipinski definition) is 7. The van der Waals surface area contributed by atoms with E-state index in [1.54, 1.807) is 24.4 Å². The van der Waals surface area contributed by atoms with Crippen molar-refractivity contribution >= 4 is 5.95 Å². The number of alkyl halides is 3. The normalized spacial score (nSPS) is 11.4. The first-order valence-electron chi connectivity index (χ1n) is 7.82. The Bertz CT molecular complexity index is 869. The van der Waals surface area contributed by atoms with Gasteiger partial charge in [-0.3, -0.25) is 5.10 Å². The topological polar surface area (TPSA) is 109 Å². The Hall–Kier alpha value is -3.37. The number of phenolic OH excluding ortho intramolecular Hbond substituents is 1. The lowest BCUT2D eigenvalue weighted by atomic mass is 10.2. The fourth-order valence-electron chi connectivity index (χ4n) is 2.12. The number of benzene rings is 1. The molecule has 3 rings (SSSR count). The molecule has 2 aromatic heterocycles. The van der Waals surface area contributed by atoms with E-state index in [4.69, 9.17) is 0 Å². The number of halogens is 3. The van der Waals surface area contributed by atoms with Gasteiger partial charge in [0, 0.05) is 24.9 Å². The molecule has 0 bridgehead atoms. The van der Waals surface area contributed by atoms with Gasteiger partial charge >= 0.3 is 12.2 Å². The second-order valence-corrected chi connectivity index (χ2v) is 5.54. The molecule has 1 aromatic carbocycles. The number of nitrogens with one attached hydrogen (secondary N) is 2.